The number of nitrogens with one attached hydrogen (secondary N) is 1. The van der Waals surface area contributed by atoms with Crippen LogP contribution in [-0.2, 0) is 4.74 Å². The van der Waals surface area contributed by atoms with Gasteiger partial charge < -0.3 is 9.72 Å². The van der Waals surface area contributed by atoms with Crippen LogP contribution in [0.25, 0.3) is 10.9 Å². The third-order valence-corrected chi connectivity index (χ3v) is 2.59. The first-order valence-corrected chi connectivity index (χ1v) is 4.81. The van der Waals surface area contributed by atoms with E-state index in [-0.39, 0.29) is 6.10 Å². The highest BCUT2D eigenvalue weighted by atomic mass is 16.5. The second-order valence-corrected chi connectivity index (χ2v) is 3.54. The van der Waals surface area contributed by atoms with Gasteiger partial charge in [0.15, 0.2) is 0 Å². The molecule has 0 amide bonds. The maximum absolute atomic E-state index is 5.46. The van der Waals surface area contributed by atoms with Gasteiger partial charge in [-0.05, 0) is 23.6 Å². The Morgan fingerprint density at radius 1 is 1.29 bits per heavy atom. The summed E-state index contributed by atoms with van der Waals surface area (Å²) in [5.41, 5.74) is 2.34. The summed E-state index contributed by atoms with van der Waals surface area (Å²) in [5, 5.41) is 1.25. The number of aromatic nitrogens is 1. The van der Waals surface area contributed by atoms with Crippen molar-refractivity contribution in [2.45, 2.75) is 12.5 Å². The van der Waals surface area contributed by atoms with Gasteiger partial charge in [-0.3, -0.25) is 0 Å². The molecular formula is C12H11NO. The molecule has 1 aliphatic heterocycles. The Hall–Kier alpha value is -1.70. The maximum atomic E-state index is 5.46. The lowest BCUT2D eigenvalue weighted by Gasteiger charge is -2.06. The highest BCUT2D eigenvalue weighted by Gasteiger charge is 2.15. The number of fused-ring (bicyclic) bond motifs is 1. The van der Waals surface area contributed by atoms with Crippen molar-refractivity contribution in [3.05, 3.63) is 48.4 Å². The molecule has 1 unspecified atom stereocenters. The second-order valence-electron chi connectivity index (χ2n) is 3.54. The van der Waals surface area contributed by atoms with Crippen LogP contribution < -0.4 is 0 Å². The summed E-state index contributed by atoms with van der Waals surface area (Å²) in [4.78, 5) is 3.37. The number of hydrogen-bond donors (Lipinski definition) is 1. The maximum Gasteiger partial charge on any atom is 0.141 e. The van der Waals surface area contributed by atoms with Gasteiger partial charge in [-0.15, -0.1) is 0 Å². The minimum absolute atomic E-state index is 0.183. The van der Waals surface area contributed by atoms with E-state index in [0.29, 0.717) is 0 Å². The van der Waals surface area contributed by atoms with Gasteiger partial charge in [0.2, 0.25) is 0 Å². The Morgan fingerprint density at radius 2 is 2.21 bits per heavy atom. The third kappa shape index (κ3) is 1.11. The van der Waals surface area contributed by atoms with Crippen LogP contribution in [0.4, 0.5) is 0 Å². The van der Waals surface area contributed by atoms with Gasteiger partial charge in [-0.2, -0.15) is 0 Å². The average Bonchev–Trinajstić information content (AvgIpc) is 2.86. The molecule has 1 atom stereocenters. The molecule has 0 radical (unpaired) electrons. The summed E-state index contributed by atoms with van der Waals surface area (Å²) >= 11 is 0. The van der Waals surface area contributed by atoms with Crippen molar-refractivity contribution in [1.82, 2.24) is 4.98 Å². The molecule has 1 aliphatic rings. The predicted molar refractivity (Wildman–Crippen MR) is 55.9 cm³/mol. The SMILES string of the molecule is C1=COC(c2cc3ccccc3[nH]2)C1. The molecule has 0 spiro atoms. The summed E-state index contributed by atoms with van der Waals surface area (Å²) in [6.07, 6.45) is 4.97. The molecule has 0 saturated heterocycles. The molecule has 3 rings (SSSR count). The fourth-order valence-corrected chi connectivity index (χ4v) is 1.85. The molecule has 1 aromatic heterocycles. The molecule has 70 valence electrons. The van der Waals surface area contributed by atoms with Crippen LogP contribution in [-0.4, -0.2) is 4.98 Å². The van der Waals surface area contributed by atoms with Gasteiger partial charge in [0, 0.05) is 11.9 Å². The van der Waals surface area contributed by atoms with Gasteiger partial charge in [-0.1, -0.05) is 18.2 Å². The number of benzene rings is 1. The number of para-hydroxylation sites is 1. The van der Waals surface area contributed by atoms with E-state index in [2.05, 4.69) is 29.3 Å². The number of H-pyrrole nitrogens is 1. The van der Waals surface area contributed by atoms with Crippen molar-refractivity contribution in [3.8, 4) is 0 Å². The monoisotopic (exact) mass is 185 g/mol. The van der Waals surface area contributed by atoms with Crippen LogP contribution in [0.15, 0.2) is 42.7 Å². The normalized spacial score (nSPS) is 20.1. The number of rotatable bonds is 1. The van der Waals surface area contributed by atoms with Crippen LogP contribution >= 0.6 is 0 Å². The van der Waals surface area contributed by atoms with Gasteiger partial charge >= 0.3 is 0 Å². The summed E-state index contributed by atoms with van der Waals surface area (Å²) in [6, 6.07) is 10.4. The molecule has 1 N–H and O–H groups in total. The topological polar surface area (TPSA) is 25.0 Å². The Bertz CT molecular complexity index is 443. The molecule has 0 saturated carbocycles. The largest absolute Gasteiger partial charge is 0.492 e. The zero-order valence-corrected chi connectivity index (χ0v) is 7.73. The van der Waals surface area contributed by atoms with Gasteiger partial charge in [0.1, 0.15) is 6.10 Å². The molecule has 2 heteroatoms. The van der Waals surface area contributed by atoms with Crippen LogP contribution in [0, 0.1) is 0 Å². The predicted octanol–water partition coefficient (Wildman–Crippen LogP) is 3.14. The second kappa shape index (κ2) is 2.91. The lowest BCUT2D eigenvalue weighted by molar-refractivity contribution is 0.170. The van der Waals surface area contributed by atoms with Crippen molar-refractivity contribution < 1.29 is 4.74 Å². The highest BCUT2D eigenvalue weighted by Crippen LogP contribution is 2.28. The number of hydrogen-bond acceptors (Lipinski definition) is 1. The Morgan fingerprint density at radius 3 is 3.00 bits per heavy atom. The molecule has 0 aliphatic carbocycles. The molecule has 2 heterocycles. The average molecular weight is 185 g/mol. The van der Waals surface area contributed by atoms with Gasteiger partial charge in [-0.25, -0.2) is 0 Å². The van der Waals surface area contributed by atoms with Crippen molar-refractivity contribution in [2.75, 3.05) is 0 Å². The fraction of sp³-hybridized carbons (Fsp3) is 0.167. The van der Waals surface area contributed by atoms with Crippen molar-refractivity contribution in [3.63, 3.8) is 0 Å². The highest BCUT2D eigenvalue weighted by molar-refractivity contribution is 5.80. The molecular weight excluding hydrogens is 174 g/mol. The molecule has 1 aromatic carbocycles. The lowest BCUT2D eigenvalue weighted by Crippen LogP contribution is -1.94. The first-order chi connectivity index (χ1) is 6.93. The first kappa shape index (κ1) is 7.68. The van der Waals surface area contributed by atoms with Crippen LogP contribution in [0.3, 0.4) is 0 Å². The zero-order valence-electron chi connectivity index (χ0n) is 7.73. The minimum Gasteiger partial charge on any atom is -0.492 e. The lowest BCUT2D eigenvalue weighted by atomic mass is 10.2. The first-order valence-electron chi connectivity index (χ1n) is 4.81. The standard InChI is InChI=1S/C12H11NO/c1-2-5-10-9(4-1)8-11(13-10)12-6-3-7-14-12/h1-5,7-8,12-13H,6H2. The molecule has 0 bridgehead atoms. The number of aromatic amines is 1. The van der Waals surface area contributed by atoms with Crippen molar-refractivity contribution >= 4 is 10.9 Å². The third-order valence-electron chi connectivity index (χ3n) is 2.59. The summed E-state index contributed by atoms with van der Waals surface area (Å²) < 4.78 is 5.46. The molecule has 2 nitrogen and oxygen atoms in total. The Labute approximate surface area is 82.2 Å². The molecule has 2 aromatic rings. The van der Waals surface area contributed by atoms with Gasteiger partial charge in [0.25, 0.3) is 0 Å². The van der Waals surface area contributed by atoms with Crippen LogP contribution in [0.5, 0.6) is 0 Å². The van der Waals surface area contributed by atoms with E-state index in [1.54, 1.807) is 6.26 Å². The van der Waals surface area contributed by atoms with E-state index in [1.807, 2.05) is 12.1 Å². The van der Waals surface area contributed by atoms with E-state index in [9.17, 15) is 0 Å². The summed E-state index contributed by atoms with van der Waals surface area (Å²) in [6.45, 7) is 0. The van der Waals surface area contributed by atoms with E-state index in [4.69, 9.17) is 4.74 Å². The van der Waals surface area contributed by atoms with Crippen LogP contribution in [0.1, 0.15) is 18.2 Å². The van der Waals surface area contributed by atoms with Crippen molar-refractivity contribution in [2.24, 2.45) is 0 Å². The smallest absolute Gasteiger partial charge is 0.141 e. The Balaban J connectivity index is 2.05. The van der Waals surface area contributed by atoms with Crippen LogP contribution in [0.2, 0.25) is 0 Å². The minimum atomic E-state index is 0.183. The summed E-state index contributed by atoms with van der Waals surface area (Å²) in [7, 11) is 0. The fourth-order valence-electron chi connectivity index (χ4n) is 1.85. The molecule has 14 heavy (non-hydrogen) atoms. The van der Waals surface area contributed by atoms with Gasteiger partial charge in [0.05, 0.1) is 12.0 Å². The van der Waals surface area contributed by atoms with E-state index in [1.165, 1.54) is 10.9 Å². The van der Waals surface area contributed by atoms with E-state index < -0.39 is 0 Å². The van der Waals surface area contributed by atoms with E-state index >= 15 is 0 Å². The number of ether oxygens (including phenoxy) is 1. The quantitative estimate of drug-likeness (QED) is 0.725. The summed E-state index contributed by atoms with van der Waals surface area (Å²) in [5.74, 6) is 0. The zero-order chi connectivity index (χ0) is 9.38. The molecule has 0 fully saturated rings. The Kier molecular flexibility index (Phi) is 1.60. The van der Waals surface area contributed by atoms with E-state index in [0.717, 1.165) is 12.1 Å². The van der Waals surface area contributed by atoms with Crippen molar-refractivity contribution in [1.29, 1.82) is 0 Å².